The standard InChI is InChI=1S/C15H18N4OS/c1-10-7-13(14(16)21)18-15(17-10)19(2)9-11-5-4-6-12(8-11)20-3/h4-8H,9H2,1-3H3,(H2,16,21). The molecular formula is C15H18N4OS. The average Bonchev–Trinajstić information content (AvgIpc) is 2.46. The molecule has 0 saturated carbocycles. The summed E-state index contributed by atoms with van der Waals surface area (Å²) in [6.45, 7) is 2.56. The number of aromatic nitrogens is 2. The molecule has 0 atom stereocenters. The zero-order valence-corrected chi connectivity index (χ0v) is 13.1. The van der Waals surface area contributed by atoms with Gasteiger partial charge < -0.3 is 15.4 Å². The summed E-state index contributed by atoms with van der Waals surface area (Å²) in [5.41, 5.74) is 8.18. The molecule has 0 radical (unpaired) electrons. The summed E-state index contributed by atoms with van der Waals surface area (Å²) in [4.78, 5) is 11.0. The van der Waals surface area contributed by atoms with Crippen LogP contribution in [0, 0.1) is 6.92 Å². The van der Waals surface area contributed by atoms with Crippen molar-refractivity contribution in [1.29, 1.82) is 0 Å². The maximum atomic E-state index is 5.65. The Labute approximate surface area is 129 Å². The Morgan fingerprint density at radius 2 is 2.10 bits per heavy atom. The fraction of sp³-hybridized carbons (Fsp3) is 0.267. The van der Waals surface area contributed by atoms with Gasteiger partial charge in [0, 0.05) is 19.3 Å². The normalized spacial score (nSPS) is 10.2. The number of ether oxygens (including phenoxy) is 1. The minimum atomic E-state index is 0.275. The van der Waals surface area contributed by atoms with Crippen LogP contribution in [0.5, 0.6) is 5.75 Å². The first-order valence-electron chi connectivity index (χ1n) is 6.49. The van der Waals surface area contributed by atoms with Gasteiger partial charge in [-0.05, 0) is 30.7 Å². The van der Waals surface area contributed by atoms with Crippen LogP contribution in [0.15, 0.2) is 30.3 Å². The first-order chi connectivity index (χ1) is 9.99. The van der Waals surface area contributed by atoms with Crippen molar-refractivity contribution in [3.63, 3.8) is 0 Å². The number of thiocarbonyl (C=S) groups is 1. The van der Waals surface area contributed by atoms with Gasteiger partial charge in [0.1, 0.15) is 16.4 Å². The molecular weight excluding hydrogens is 284 g/mol. The molecule has 110 valence electrons. The molecule has 0 aliphatic carbocycles. The van der Waals surface area contributed by atoms with E-state index < -0.39 is 0 Å². The van der Waals surface area contributed by atoms with Crippen LogP contribution in [0.4, 0.5) is 5.95 Å². The van der Waals surface area contributed by atoms with Crippen LogP contribution in [-0.4, -0.2) is 29.1 Å². The van der Waals surface area contributed by atoms with Gasteiger partial charge in [-0.3, -0.25) is 0 Å². The van der Waals surface area contributed by atoms with Gasteiger partial charge in [-0.15, -0.1) is 0 Å². The zero-order chi connectivity index (χ0) is 15.4. The molecule has 6 heteroatoms. The Hall–Kier alpha value is -2.21. The topological polar surface area (TPSA) is 64.3 Å². The van der Waals surface area contributed by atoms with E-state index in [2.05, 4.69) is 9.97 Å². The third-order valence-corrected chi connectivity index (χ3v) is 3.20. The van der Waals surface area contributed by atoms with Gasteiger partial charge >= 0.3 is 0 Å². The van der Waals surface area contributed by atoms with Crippen molar-refractivity contribution in [2.45, 2.75) is 13.5 Å². The van der Waals surface area contributed by atoms with E-state index in [4.69, 9.17) is 22.7 Å². The zero-order valence-electron chi connectivity index (χ0n) is 12.3. The Morgan fingerprint density at radius 3 is 2.76 bits per heavy atom. The number of hydrogen-bond donors (Lipinski definition) is 1. The number of anilines is 1. The van der Waals surface area contributed by atoms with E-state index in [-0.39, 0.29) is 4.99 Å². The predicted molar refractivity (Wildman–Crippen MR) is 87.8 cm³/mol. The highest BCUT2D eigenvalue weighted by Gasteiger charge is 2.10. The summed E-state index contributed by atoms with van der Waals surface area (Å²) >= 11 is 4.98. The molecule has 0 fully saturated rings. The molecule has 0 bridgehead atoms. The Morgan fingerprint density at radius 1 is 1.33 bits per heavy atom. The third-order valence-electron chi connectivity index (χ3n) is 2.99. The highest BCUT2D eigenvalue weighted by molar-refractivity contribution is 7.80. The SMILES string of the molecule is COc1cccc(CN(C)c2nc(C)cc(C(N)=S)n2)c1. The van der Waals surface area contributed by atoms with Gasteiger partial charge in [-0.1, -0.05) is 24.4 Å². The van der Waals surface area contributed by atoms with Gasteiger partial charge in [0.15, 0.2) is 0 Å². The number of benzene rings is 1. The summed E-state index contributed by atoms with van der Waals surface area (Å²) in [5.74, 6) is 1.43. The lowest BCUT2D eigenvalue weighted by atomic mass is 10.2. The maximum Gasteiger partial charge on any atom is 0.226 e. The van der Waals surface area contributed by atoms with Crippen LogP contribution < -0.4 is 15.4 Å². The first-order valence-corrected chi connectivity index (χ1v) is 6.90. The van der Waals surface area contributed by atoms with Crippen molar-refractivity contribution >= 4 is 23.2 Å². The van der Waals surface area contributed by atoms with Crippen molar-refractivity contribution in [3.8, 4) is 5.75 Å². The minimum absolute atomic E-state index is 0.275. The molecule has 0 aliphatic rings. The number of nitrogens with zero attached hydrogens (tertiary/aromatic N) is 3. The van der Waals surface area contributed by atoms with E-state index in [0.29, 0.717) is 18.2 Å². The maximum absolute atomic E-state index is 5.65. The quantitative estimate of drug-likeness (QED) is 0.853. The van der Waals surface area contributed by atoms with Gasteiger partial charge in [0.25, 0.3) is 0 Å². The highest BCUT2D eigenvalue weighted by atomic mass is 32.1. The van der Waals surface area contributed by atoms with Gasteiger partial charge in [0.2, 0.25) is 5.95 Å². The molecule has 1 aromatic heterocycles. The van der Waals surface area contributed by atoms with Gasteiger partial charge in [-0.25, -0.2) is 9.97 Å². The van der Waals surface area contributed by atoms with Crippen molar-refractivity contribution < 1.29 is 4.74 Å². The van der Waals surface area contributed by atoms with Crippen LogP contribution in [0.3, 0.4) is 0 Å². The predicted octanol–water partition coefficient (Wildman–Crippen LogP) is 2.06. The molecule has 0 aliphatic heterocycles. The van der Waals surface area contributed by atoms with Crippen LogP contribution in [0.1, 0.15) is 17.0 Å². The van der Waals surface area contributed by atoms with Gasteiger partial charge in [0.05, 0.1) is 7.11 Å². The second-order valence-electron chi connectivity index (χ2n) is 4.77. The fourth-order valence-corrected chi connectivity index (χ4v) is 2.07. The van der Waals surface area contributed by atoms with E-state index in [1.54, 1.807) is 13.2 Å². The first kappa shape index (κ1) is 15.2. The molecule has 0 spiro atoms. The van der Waals surface area contributed by atoms with Crippen LogP contribution >= 0.6 is 12.2 Å². The lowest BCUT2D eigenvalue weighted by Gasteiger charge is -2.18. The summed E-state index contributed by atoms with van der Waals surface area (Å²) in [6, 6.07) is 9.67. The number of rotatable bonds is 5. The van der Waals surface area contributed by atoms with E-state index in [0.717, 1.165) is 17.0 Å². The summed E-state index contributed by atoms with van der Waals surface area (Å²) in [6.07, 6.45) is 0. The summed E-state index contributed by atoms with van der Waals surface area (Å²) in [7, 11) is 3.58. The van der Waals surface area contributed by atoms with E-state index in [1.165, 1.54) is 0 Å². The lowest BCUT2D eigenvalue weighted by Crippen LogP contribution is -2.22. The molecule has 1 heterocycles. The van der Waals surface area contributed by atoms with E-state index >= 15 is 0 Å². The molecule has 0 amide bonds. The second-order valence-corrected chi connectivity index (χ2v) is 5.21. The van der Waals surface area contributed by atoms with Crippen molar-refractivity contribution in [2.24, 2.45) is 5.73 Å². The second kappa shape index (κ2) is 6.49. The minimum Gasteiger partial charge on any atom is -0.497 e. The molecule has 5 nitrogen and oxygen atoms in total. The van der Waals surface area contributed by atoms with Crippen LogP contribution in [-0.2, 0) is 6.54 Å². The largest absolute Gasteiger partial charge is 0.497 e. The van der Waals surface area contributed by atoms with Crippen molar-refractivity contribution in [3.05, 3.63) is 47.3 Å². The monoisotopic (exact) mass is 302 g/mol. The molecule has 1 aromatic carbocycles. The Balaban J connectivity index is 2.23. The number of methoxy groups -OCH3 is 1. The highest BCUT2D eigenvalue weighted by Crippen LogP contribution is 2.16. The van der Waals surface area contributed by atoms with Crippen LogP contribution in [0.2, 0.25) is 0 Å². The summed E-state index contributed by atoms with van der Waals surface area (Å²) < 4.78 is 5.23. The molecule has 0 unspecified atom stereocenters. The fourth-order valence-electron chi connectivity index (χ4n) is 1.97. The van der Waals surface area contributed by atoms with E-state index in [1.807, 2.05) is 43.1 Å². The van der Waals surface area contributed by atoms with Crippen molar-refractivity contribution in [2.75, 3.05) is 19.1 Å². The van der Waals surface area contributed by atoms with Gasteiger partial charge in [-0.2, -0.15) is 0 Å². The molecule has 21 heavy (non-hydrogen) atoms. The molecule has 0 saturated heterocycles. The number of aryl methyl sites for hydroxylation is 1. The lowest BCUT2D eigenvalue weighted by molar-refractivity contribution is 0.414. The van der Waals surface area contributed by atoms with Crippen molar-refractivity contribution in [1.82, 2.24) is 9.97 Å². The Kier molecular flexibility index (Phi) is 4.70. The Bertz CT molecular complexity index is 660. The molecule has 2 N–H and O–H groups in total. The number of hydrogen-bond acceptors (Lipinski definition) is 5. The third kappa shape index (κ3) is 3.88. The number of nitrogens with two attached hydrogens (primary N) is 1. The smallest absolute Gasteiger partial charge is 0.226 e. The van der Waals surface area contributed by atoms with E-state index in [9.17, 15) is 0 Å². The molecule has 2 rings (SSSR count). The molecule has 2 aromatic rings. The van der Waals surface area contributed by atoms with Crippen LogP contribution in [0.25, 0.3) is 0 Å². The summed E-state index contributed by atoms with van der Waals surface area (Å²) in [5, 5.41) is 0. The average molecular weight is 302 g/mol.